The minimum atomic E-state index is 0.278. The molecule has 1 aromatic carbocycles. The Hall–Kier alpha value is -1.33. The lowest BCUT2D eigenvalue weighted by atomic mass is 10.1. The second-order valence-corrected chi connectivity index (χ2v) is 6.52. The summed E-state index contributed by atoms with van der Waals surface area (Å²) in [6.07, 6.45) is 3.05. The zero-order chi connectivity index (χ0) is 13.9. The molecule has 1 aliphatic carbocycles. The quantitative estimate of drug-likeness (QED) is 0.873. The summed E-state index contributed by atoms with van der Waals surface area (Å²) in [6, 6.07) is 8.58. The summed E-state index contributed by atoms with van der Waals surface area (Å²) in [4.78, 5) is 5.80. The van der Waals surface area contributed by atoms with E-state index in [0.717, 1.165) is 36.5 Å². The third-order valence-electron chi connectivity index (χ3n) is 3.69. The highest BCUT2D eigenvalue weighted by Crippen LogP contribution is 2.33. The van der Waals surface area contributed by atoms with Gasteiger partial charge in [-0.2, -0.15) is 4.98 Å². The highest BCUT2D eigenvalue weighted by Gasteiger charge is 2.27. The molecule has 0 amide bonds. The first-order valence-corrected chi connectivity index (χ1v) is 8.07. The van der Waals surface area contributed by atoms with Gasteiger partial charge in [0.1, 0.15) is 0 Å². The maximum absolute atomic E-state index is 5.93. The molecule has 0 aliphatic heterocycles. The first-order valence-electron chi connectivity index (χ1n) is 7.08. The van der Waals surface area contributed by atoms with E-state index in [0.29, 0.717) is 11.7 Å². The summed E-state index contributed by atoms with van der Waals surface area (Å²) >= 11 is 1.83. The maximum atomic E-state index is 5.93. The molecule has 0 saturated heterocycles. The molecule has 5 heteroatoms. The number of benzene rings is 1. The number of thioether (sulfide) groups is 1. The first-order chi connectivity index (χ1) is 9.76. The Labute approximate surface area is 123 Å². The number of rotatable bonds is 4. The normalized spacial score (nSPS) is 22.3. The average molecular weight is 289 g/mol. The van der Waals surface area contributed by atoms with E-state index in [4.69, 9.17) is 10.3 Å². The fraction of sp³-hybridized carbons (Fsp3) is 0.467. The van der Waals surface area contributed by atoms with E-state index in [-0.39, 0.29) is 6.04 Å². The van der Waals surface area contributed by atoms with Gasteiger partial charge in [0, 0.05) is 22.4 Å². The second-order valence-electron chi connectivity index (χ2n) is 5.18. The van der Waals surface area contributed by atoms with Gasteiger partial charge in [0.2, 0.25) is 11.7 Å². The van der Waals surface area contributed by atoms with Gasteiger partial charge in [-0.15, -0.1) is 11.8 Å². The lowest BCUT2D eigenvalue weighted by molar-refractivity contribution is 0.353. The predicted octanol–water partition coefficient (Wildman–Crippen LogP) is 3.44. The van der Waals surface area contributed by atoms with E-state index < -0.39 is 0 Å². The van der Waals surface area contributed by atoms with Crippen LogP contribution in [0.4, 0.5) is 0 Å². The molecular formula is C15H19N3OS. The van der Waals surface area contributed by atoms with Gasteiger partial charge < -0.3 is 10.3 Å². The summed E-state index contributed by atoms with van der Waals surface area (Å²) in [7, 11) is 0. The molecule has 0 radical (unpaired) electrons. The number of nitrogens with zero attached hydrogens (tertiary/aromatic N) is 2. The Morgan fingerprint density at radius 1 is 1.30 bits per heavy atom. The summed E-state index contributed by atoms with van der Waals surface area (Å²) in [5.74, 6) is 2.82. The molecule has 3 rings (SSSR count). The number of aromatic nitrogens is 2. The van der Waals surface area contributed by atoms with Crippen LogP contribution in [0.3, 0.4) is 0 Å². The maximum Gasteiger partial charge on any atom is 0.230 e. The molecule has 0 unspecified atom stereocenters. The van der Waals surface area contributed by atoms with Crippen molar-refractivity contribution in [2.24, 2.45) is 5.73 Å². The van der Waals surface area contributed by atoms with Crippen molar-refractivity contribution in [1.29, 1.82) is 0 Å². The Morgan fingerprint density at radius 2 is 2.10 bits per heavy atom. The van der Waals surface area contributed by atoms with E-state index in [1.165, 1.54) is 4.90 Å². The van der Waals surface area contributed by atoms with Crippen molar-refractivity contribution in [1.82, 2.24) is 10.1 Å². The number of hydrogen-bond acceptors (Lipinski definition) is 5. The van der Waals surface area contributed by atoms with Crippen LogP contribution in [0.25, 0.3) is 11.4 Å². The van der Waals surface area contributed by atoms with E-state index in [1.807, 2.05) is 23.9 Å². The molecule has 4 nitrogen and oxygen atoms in total. The Morgan fingerprint density at radius 3 is 2.75 bits per heavy atom. The van der Waals surface area contributed by atoms with Gasteiger partial charge in [-0.25, -0.2) is 0 Å². The fourth-order valence-corrected chi connectivity index (χ4v) is 3.29. The molecule has 1 fully saturated rings. The van der Waals surface area contributed by atoms with Crippen molar-refractivity contribution >= 4 is 11.8 Å². The lowest BCUT2D eigenvalue weighted by Crippen LogP contribution is -2.14. The Bertz CT molecular complexity index is 567. The highest BCUT2D eigenvalue weighted by molar-refractivity contribution is 7.99. The van der Waals surface area contributed by atoms with Crippen LogP contribution in [-0.4, -0.2) is 21.9 Å². The largest absolute Gasteiger partial charge is 0.339 e. The molecule has 1 saturated carbocycles. The minimum Gasteiger partial charge on any atom is -0.339 e. The summed E-state index contributed by atoms with van der Waals surface area (Å²) in [5.41, 5.74) is 6.94. The molecule has 0 spiro atoms. The zero-order valence-electron chi connectivity index (χ0n) is 11.6. The van der Waals surface area contributed by atoms with Crippen molar-refractivity contribution in [3.8, 4) is 11.4 Å². The summed E-state index contributed by atoms with van der Waals surface area (Å²) < 4.78 is 5.41. The van der Waals surface area contributed by atoms with Gasteiger partial charge in [-0.1, -0.05) is 12.1 Å². The van der Waals surface area contributed by atoms with Crippen molar-refractivity contribution in [2.75, 3.05) is 5.75 Å². The van der Waals surface area contributed by atoms with Gasteiger partial charge in [-0.3, -0.25) is 0 Å². The van der Waals surface area contributed by atoms with Crippen LogP contribution in [0.2, 0.25) is 0 Å². The van der Waals surface area contributed by atoms with Crippen molar-refractivity contribution in [2.45, 2.75) is 43.0 Å². The highest BCUT2D eigenvalue weighted by atomic mass is 32.2. The number of nitrogens with two attached hydrogens (primary N) is 1. The third-order valence-corrected chi connectivity index (χ3v) is 4.58. The standard InChI is InChI=1S/C15H19N3OS/c1-2-20-13-7-4-10(5-8-13)14-17-15(19-18-14)11-3-6-12(16)9-11/h4-5,7-8,11-12H,2-3,6,9,16H2,1H3/t11-,12+/m1/s1. The molecule has 106 valence electrons. The van der Waals surface area contributed by atoms with E-state index in [2.05, 4.69) is 29.2 Å². The van der Waals surface area contributed by atoms with E-state index in [9.17, 15) is 0 Å². The molecular weight excluding hydrogens is 270 g/mol. The van der Waals surface area contributed by atoms with Gasteiger partial charge in [0.05, 0.1) is 0 Å². The van der Waals surface area contributed by atoms with E-state index >= 15 is 0 Å². The molecule has 2 aromatic rings. The van der Waals surface area contributed by atoms with Crippen LogP contribution >= 0.6 is 11.8 Å². The molecule has 1 aromatic heterocycles. The van der Waals surface area contributed by atoms with Crippen LogP contribution in [0.1, 0.15) is 38.0 Å². The number of hydrogen-bond donors (Lipinski definition) is 1. The first kappa shape index (κ1) is 13.6. The SMILES string of the molecule is CCSc1ccc(-c2noc([C@@H]3CC[C@H](N)C3)n2)cc1. The summed E-state index contributed by atoms with van der Waals surface area (Å²) in [5, 5.41) is 4.10. The van der Waals surface area contributed by atoms with Crippen molar-refractivity contribution < 1.29 is 4.52 Å². The molecule has 1 heterocycles. The molecule has 20 heavy (non-hydrogen) atoms. The van der Waals surface area contributed by atoms with Crippen LogP contribution in [-0.2, 0) is 0 Å². The molecule has 0 bridgehead atoms. The predicted molar refractivity (Wildman–Crippen MR) is 80.7 cm³/mol. The third kappa shape index (κ3) is 2.88. The van der Waals surface area contributed by atoms with Gasteiger partial charge >= 0.3 is 0 Å². The average Bonchev–Trinajstić information content (AvgIpc) is 3.09. The second kappa shape index (κ2) is 5.97. The Kier molecular flexibility index (Phi) is 4.08. The lowest BCUT2D eigenvalue weighted by Gasteiger charge is -2.01. The smallest absolute Gasteiger partial charge is 0.230 e. The topological polar surface area (TPSA) is 64.9 Å². The van der Waals surface area contributed by atoms with Gasteiger partial charge in [0.15, 0.2) is 0 Å². The molecule has 2 atom stereocenters. The van der Waals surface area contributed by atoms with Gasteiger partial charge in [0.25, 0.3) is 0 Å². The van der Waals surface area contributed by atoms with Crippen LogP contribution < -0.4 is 5.73 Å². The fourth-order valence-electron chi connectivity index (χ4n) is 2.63. The zero-order valence-corrected chi connectivity index (χ0v) is 12.4. The van der Waals surface area contributed by atoms with Crippen LogP contribution in [0.5, 0.6) is 0 Å². The van der Waals surface area contributed by atoms with Gasteiger partial charge in [-0.05, 0) is 49.3 Å². The summed E-state index contributed by atoms with van der Waals surface area (Å²) in [6.45, 7) is 2.15. The van der Waals surface area contributed by atoms with Crippen molar-refractivity contribution in [3.05, 3.63) is 30.2 Å². The minimum absolute atomic E-state index is 0.278. The Balaban J connectivity index is 1.76. The molecule has 2 N–H and O–H groups in total. The van der Waals surface area contributed by atoms with Crippen LogP contribution in [0.15, 0.2) is 33.7 Å². The van der Waals surface area contributed by atoms with Crippen LogP contribution in [0, 0.1) is 0 Å². The monoisotopic (exact) mass is 289 g/mol. The molecule has 1 aliphatic rings. The van der Waals surface area contributed by atoms with Crippen molar-refractivity contribution in [3.63, 3.8) is 0 Å². The van der Waals surface area contributed by atoms with E-state index in [1.54, 1.807) is 0 Å².